The quantitative estimate of drug-likeness (QED) is 0.729. The Hall–Kier alpha value is -2.60. The van der Waals surface area contributed by atoms with Gasteiger partial charge in [0.15, 0.2) is 0 Å². The summed E-state index contributed by atoms with van der Waals surface area (Å²) in [6.07, 6.45) is 0. The summed E-state index contributed by atoms with van der Waals surface area (Å²) in [5.74, 6) is 0.0867. The summed E-state index contributed by atoms with van der Waals surface area (Å²) in [6.45, 7) is 2.70. The van der Waals surface area contributed by atoms with E-state index in [-0.39, 0.29) is 18.3 Å². The van der Waals surface area contributed by atoms with Crippen LogP contribution in [-0.4, -0.2) is 32.8 Å². The van der Waals surface area contributed by atoms with Crippen molar-refractivity contribution in [3.63, 3.8) is 0 Å². The molecule has 2 aromatic rings. The van der Waals surface area contributed by atoms with Crippen molar-refractivity contribution in [3.05, 3.63) is 53.8 Å². The van der Waals surface area contributed by atoms with Gasteiger partial charge in [-0.15, -0.1) is 0 Å². The van der Waals surface area contributed by atoms with Crippen LogP contribution in [0.15, 0.2) is 42.5 Å². The number of rotatable bonds is 8. The number of halogens is 1. The Balaban J connectivity index is 1.84. The first-order chi connectivity index (χ1) is 11.6. The van der Waals surface area contributed by atoms with Crippen LogP contribution >= 0.6 is 0 Å². The third kappa shape index (κ3) is 5.55. The van der Waals surface area contributed by atoms with Gasteiger partial charge in [-0.25, -0.2) is 4.39 Å². The first kappa shape index (κ1) is 17.7. The number of ether oxygens (including phenoxy) is 2. The SMILES string of the molecule is COCCOc1cccc(NCC(=O)Nc2ccc(C)c(F)c2)c1. The van der Waals surface area contributed by atoms with Gasteiger partial charge in [0.05, 0.1) is 13.2 Å². The predicted octanol–water partition coefficient (Wildman–Crippen LogP) is 3.21. The Morgan fingerprint density at radius 2 is 1.96 bits per heavy atom. The molecular formula is C18H21FN2O3. The summed E-state index contributed by atoms with van der Waals surface area (Å²) in [7, 11) is 1.61. The van der Waals surface area contributed by atoms with Gasteiger partial charge in [-0.05, 0) is 36.8 Å². The summed E-state index contributed by atoms with van der Waals surface area (Å²) in [4.78, 5) is 11.9. The van der Waals surface area contributed by atoms with Crippen molar-refractivity contribution >= 4 is 17.3 Å². The van der Waals surface area contributed by atoms with Crippen molar-refractivity contribution in [3.8, 4) is 5.75 Å². The summed E-state index contributed by atoms with van der Waals surface area (Å²) >= 11 is 0. The predicted molar refractivity (Wildman–Crippen MR) is 92.1 cm³/mol. The van der Waals surface area contributed by atoms with Gasteiger partial charge in [0.25, 0.3) is 0 Å². The first-order valence-corrected chi connectivity index (χ1v) is 7.60. The lowest BCUT2D eigenvalue weighted by molar-refractivity contribution is -0.114. The van der Waals surface area contributed by atoms with Gasteiger partial charge in [-0.2, -0.15) is 0 Å². The van der Waals surface area contributed by atoms with E-state index in [1.54, 1.807) is 32.2 Å². The highest BCUT2D eigenvalue weighted by Crippen LogP contribution is 2.17. The minimum atomic E-state index is -0.346. The number of carbonyl (C=O) groups is 1. The Morgan fingerprint density at radius 3 is 2.71 bits per heavy atom. The molecule has 0 fully saturated rings. The standard InChI is InChI=1S/C18H21FN2O3/c1-13-6-7-15(11-17(13)19)21-18(22)12-20-14-4-3-5-16(10-14)24-9-8-23-2/h3-7,10-11,20H,8-9,12H2,1-2H3,(H,21,22). The fourth-order valence-electron chi connectivity index (χ4n) is 2.00. The number of aryl methyl sites for hydroxylation is 1. The molecule has 0 spiro atoms. The molecule has 128 valence electrons. The molecule has 24 heavy (non-hydrogen) atoms. The van der Waals surface area contributed by atoms with Gasteiger partial charge in [-0.1, -0.05) is 12.1 Å². The topological polar surface area (TPSA) is 59.6 Å². The zero-order valence-electron chi connectivity index (χ0n) is 13.8. The lowest BCUT2D eigenvalue weighted by Crippen LogP contribution is -2.21. The number of hydrogen-bond donors (Lipinski definition) is 2. The first-order valence-electron chi connectivity index (χ1n) is 7.60. The third-order valence-corrected chi connectivity index (χ3v) is 3.30. The molecule has 0 heterocycles. The lowest BCUT2D eigenvalue weighted by Gasteiger charge is -2.10. The van der Waals surface area contributed by atoms with E-state index in [0.29, 0.717) is 30.2 Å². The van der Waals surface area contributed by atoms with E-state index in [0.717, 1.165) is 5.69 Å². The number of methoxy groups -OCH3 is 1. The molecule has 2 aromatic carbocycles. The van der Waals surface area contributed by atoms with Gasteiger partial charge in [0.1, 0.15) is 18.2 Å². The molecule has 0 aliphatic heterocycles. The van der Waals surface area contributed by atoms with E-state index < -0.39 is 0 Å². The monoisotopic (exact) mass is 332 g/mol. The largest absolute Gasteiger partial charge is 0.491 e. The fourth-order valence-corrected chi connectivity index (χ4v) is 2.00. The molecule has 0 unspecified atom stereocenters. The summed E-state index contributed by atoms with van der Waals surface area (Å²) in [5, 5.41) is 5.65. The van der Waals surface area contributed by atoms with Crippen molar-refractivity contribution < 1.29 is 18.7 Å². The van der Waals surface area contributed by atoms with E-state index in [4.69, 9.17) is 9.47 Å². The summed E-state index contributed by atoms with van der Waals surface area (Å²) in [5.41, 5.74) is 1.73. The highest BCUT2D eigenvalue weighted by Gasteiger charge is 2.05. The molecule has 2 rings (SSSR count). The van der Waals surface area contributed by atoms with Crippen LogP contribution < -0.4 is 15.4 Å². The zero-order chi connectivity index (χ0) is 17.4. The van der Waals surface area contributed by atoms with Gasteiger partial charge in [0.2, 0.25) is 5.91 Å². The smallest absolute Gasteiger partial charge is 0.243 e. The van der Waals surface area contributed by atoms with Gasteiger partial charge in [-0.3, -0.25) is 4.79 Å². The molecule has 2 N–H and O–H groups in total. The van der Waals surface area contributed by atoms with Gasteiger partial charge < -0.3 is 20.1 Å². The zero-order valence-corrected chi connectivity index (χ0v) is 13.8. The Labute approximate surface area is 140 Å². The normalized spacial score (nSPS) is 10.3. The molecule has 0 aliphatic carbocycles. The van der Waals surface area contributed by atoms with Crippen molar-refractivity contribution in [2.45, 2.75) is 6.92 Å². The number of benzene rings is 2. The Morgan fingerprint density at radius 1 is 1.12 bits per heavy atom. The van der Waals surface area contributed by atoms with Crippen molar-refractivity contribution in [1.29, 1.82) is 0 Å². The maximum Gasteiger partial charge on any atom is 0.243 e. The van der Waals surface area contributed by atoms with E-state index in [1.807, 2.05) is 18.2 Å². The van der Waals surface area contributed by atoms with E-state index >= 15 is 0 Å². The Bertz CT molecular complexity index is 692. The molecule has 0 radical (unpaired) electrons. The molecule has 6 heteroatoms. The van der Waals surface area contributed by atoms with Crippen molar-refractivity contribution in [1.82, 2.24) is 0 Å². The maximum atomic E-state index is 13.5. The van der Waals surface area contributed by atoms with Crippen LogP contribution in [0.5, 0.6) is 5.75 Å². The molecule has 0 saturated carbocycles. The van der Waals surface area contributed by atoms with Gasteiger partial charge >= 0.3 is 0 Å². The molecule has 0 aromatic heterocycles. The molecular weight excluding hydrogens is 311 g/mol. The van der Waals surface area contributed by atoms with E-state index in [9.17, 15) is 9.18 Å². The number of carbonyl (C=O) groups excluding carboxylic acids is 1. The lowest BCUT2D eigenvalue weighted by atomic mass is 10.2. The van der Waals surface area contributed by atoms with Crippen LogP contribution in [0.1, 0.15) is 5.56 Å². The molecule has 0 saturated heterocycles. The van der Waals surface area contributed by atoms with Crippen LogP contribution in [0.25, 0.3) is 0 Å². The third-order valence-electron chi connectivity index (χ3n) is 3.30. The minimum absolute atomic E-state index is 0.0665. The fraction of sp³-hybridized carbons (Fsp3) is 0.278. The van der Waals surface area contributed by atoms with Crippen LogP contribution in [-0.2, 0) is 9.53 Å². The van der Waals surface area contributed by atoms with Crippen molar-refractivity contribution in [2.75, 3.05) is 37.5 Å². The molecule has 0 bridgehead atoms. The van der Waals surface area contributed by atoms with E-state index in [2.05, 4.69) is 10.6 Å². The average Bonchev–Trinajstić information content (AvgIpc) is 2.57. The number of amides is 1. The molecule has 1 amide bonds. The molecule has 0 atom stereocenters. The van der Waals surface area contributed by atoms with Crippen LogP contribution in [0.3, 0.4) is 0 Å². The minimum Gasteiger partial charge on any atom is -0.491 e. The highest BCUT2D eigenvalue weighted by molar-refractivity contribution is 5.93. The van der Waals surface area contributed by atoms with Gasteiger partial charge in [0, 0.05) is 24.6 Å². The van der Waals surface area contributed by atoms with Crippen LogP contribution in [0, 0.1) is 12.7 Å². The summed E-state index contributed by atoms with van der Waals surface area (Å²) in [6, 6.07) is 11.9. The second-order valence-electron chi connectivity index (χ2n) is 5.23. The second kappa shape index (κ2) is 8.88. The summed E-state index contributed by atoms with van der Waals surface area (Å²) < 4.78 is 23.9. The Kier molecular flexibility index (Phi) is 6.57. The average molecular weight is 332 g/mol. The van der Waals surface area contributed by atoms with Crippen LogP contribution in [0.2, 0.25) is 0 Å². The molecule has 5 nitrogen and oxygen atoms in total. The second-order valence-corrected chi connectivity index (χ2v) is 5.23. The van der Waals surface area contributed by atoms with Crippen molar-refractivity contribution in [2.24, 2.45) is 0 Å². The number of nitrogens with one attached hydrogen (secondary N) is 2. The highest BCUT2D eigenvalue weighted by atomic mass is 19.1. The number of hydrogen-bond acceptors (Lipinski definition) is 4. The van der Waals surface area contributed by atoms with Crippen LogP contribution in [0.4, 0.5) is 15.8 Å². The van der Waals surface area contributed by atoms with E-state index in [1.165, 1.54) is 6.07 Å². The number of anilines is 2. The molecule has 0 aliphatic rings. The maximum absolute atomic E-state index is 13.5.